The van der Waals surface area contributed by atoms with Crippen LogP contribution in [-0.2, 0) is 0 Å². The molecular formula is C9H9F3N2O2. The van der Waals surface area contributed by atoms with Gasteiger partial charge in [0.05, 0.1) is 0 Å². The van der Waals surface area contributed by atoms with Crippen LogP contribution in [0.1, 0.15) is 5.56 Å². The summed E-state index contributed by atoms with van der Waals surface area (Å²) in [6.07, 6.45) is -4.71. The van der Waals surface area contributed by atoms with E-state index in [0.717, 1.165) is 12.1 Å². The first-order valence-electron chi connectivity index (χ1n) is 4.19. The van der Waals surface area contributed by atoms with Crippen LogP contribution in [0, 0.1) is 0 Å². The van der Waals surface area contributed by atoms with Crippen LogP contribution >= 0.6 is 0 Å². The fraction of sp³-hybridized carbons (Fsp3) is 0.222. The fourth-order valence-electron chi connectivity index (χ4n) is 1.06. The number of rotatable bonds is 2. The van der Waals surface area contributed by atoms with E-state index < -0.39 is 6.36 Å². The molecule has 7 heteroatoms. The van der Waals surface area contributed by atoms with Crippen molar-refractivity contribution >= 4 is 5.84 Å². The molecule has 0 heterocycles. The van der Waals surface area contributed by atoms with Crippen molar-refractivity contribution < 1.29 is 23.1 Å². The Labute approximate surface area is 89.3 Å². The average molecular weight is 234 g/mol. The fourth-order valence-corrected chi connectivity index (χ4v) is 1.06. The van der Waals surface area contributed by atoms with E-state index in [4.69, 9.17) is 5.21 Å². The number of amidine groups is 1. The Hall–Kier alpha value is -1.76. The maximum Gasteiger partial charge on any atom is 0.573 e. The molecule has 0 spiro atoms. The molecule has 0 saturated heterocycles. The highest BCUT2D eigenvalue weighted by Gasteiger charge is 2.30. The Kier molecular flexibility index (Phi) is 3.73. The van der Waals surface area contributed by atoms with Crippen LogP contribution in [0.25, 0.3) is 0 Å². The predicted octanol–water partition coefficient (Wildman–Crippen LogP) is 1.94. The molecule has 0 aliphatic rings. The summed E-state index contributed by atoms with van der Waals surface area (Å²) >= 11 is 0. The molecule has 88 valence electrons. The summed E-state index contributed by atoms with van der Waals surface area (Å²) in [5, 5.41) is 8.64. The van der Waals surface area contributed by atoms with Crippen molar-refractivity contribution in [3.63, 3.8) is 0 Å². The quantitative estimate of drug-likeness (QED) is 0.467. The summed E-state index contributed by atoms with van der Waals surface area (Å²) in [6.45, 7) is 0. The van der Waals surface area contributed by atoms with E-state index in [0.29, 0.717) is 5.56 Å². The maximum absolute atomic E-state index is 11.8. The van der Waals surface area contributed by atoms with Gasteiger partial charge in [-0.2, -0.15) is 0 Å². The zero-order chi connectivity index (χ0) is 12.2. The van der Waals surface area contributed by atoms with Gasteiger partial charge in [0.1, 0.15) is 5.75 Å². The third-order valence-corrected chi connectivity index (χ3v) is 1.69. The molecule has 0 amide bonds. The molecule has 0 radical (unpaired) electrons. The molecule has 16 heavy (non-hydrogen) atoms. The molecule has 0 fully saturated rings. The van der Waals surface area contributed by atoms with Crippen molar-refractivity contribution in [2.24, 2.45) is 4.99 Å². The topological polar surface area (TPSA) is 53.9 Å². The van der Waals surface area contributed by atoms with Gasteiger partial charge in [-0.05, 0) is 24.3 Å². The van der Waals surface area contributed by atoms with Crippen LogP contribution in [0.4, 0.5) is 13.2 Å². The second-order valence-corrected chi connectivity index (χ2v) is 2.76. The Morgan fingerprint density at radius 1 is 1.31 bits per heavy atom. The van der Waals surface area contributed by atoms with Gasteiger partial charge in [-0.3, -0.25) is 15.7 Å². The van der Waals surface area contributed by atoms with E-state index in [-0.39, 0.29) is 11.6 Å². The minimum Gasteiger partial charge on any atom is -0.406 e. The Morgan fingerprint density at radius 2 is 1.88 bits per heavy atom. The monoisotopic (exact) mass is 234 g/mol. The first-order valence-corrected chi connectivity index (χ1v) is 4.19. The van der Waals surface area contributed by atoms with Crippen molar-refractivity contribution in [1.29, 1.82) is 0 Å². The lowest BCUT2D eigenvalue weighted by molar-refractivity contribution is -0.274. The molecule has 1 aromatic rings. The summed E-state index contributed by atoms with van der Waals surface area (Å²) < 4.78 is 39.2. The number of nitrogens with zero attached hydrogens (tertiary/aromatic N) is 1. The molecule has 0 atom stereocenters. The molecule has 0 aliphatic heterocycles. The molecule has 0 aromatic heterocycles. The molecule has 4 nitrogen and oxygen atoms in total. The molecule has 0 aliphatic carbocycles. The van der Waals surface area contributed by atoms with E-state index in [9.17, 15) is 13.2 Å². The third-order valence-electron chi connectivity index (χ3n) is 1.69. The lowest BCUT2D eigenvalue weighted by Crippen LogP contribution is -2.20. The van der Waals surface area contributed by atoms with Gasteiger partial charge in [0.2, 0.25) is 0 Å². The van der Waals surface area contributed by atoms with Gasteiger partial charge in [-0.1, -0.05) is 0 Å². The lowest BCUT2D eigenvalue weighted by Gasteiger charge is -2.09. The summed E-state index contributed by atoms with van der Waals surface area (Å²) in [7, 11) is 1.43. The molecule has 1 aromatic carbocycles. The molecule has 2 N–H and O–H groups in total. The summed E-state index contributed by atoms with van der Waals surface area (Å²) in [4.78, 5) is 3.67. The van der Waals surface area contributed by atoms with E-state index in [1.807, 2.05) is 5.48 Å². The predicted molar refractivity (Wildman–Crippen MR) is 50.5 cm³/mol. The van der Waals surface area contributed by atoms with E-state index in [1.54, 1.807) is 0 Å². The highest BCUT2D eigenvalue weighted by atomic mass is 19.4. The van der Waals surface area contributed by atoms with Gasteiger partial charge in [0, 0.05) is 12.6 Å². The maximum atomic E-state index is 11.8. The average Bonchev–Trinajstić information content (AvgIpc) is 2.20. The minimum absolute atomic E-state index is 0.151. The number of benzene rings is 1. The van der Waals surface area contributed by atoms with Crippen LogP contribution < -0.4 is 10.2 Å². The molecule has 0 saturated carbocycles. The number of alkyl halides is 3. The number of hydroxylamine groups is 1. The third kappa shape index (κ3) is 3.43. The first-order chi connectivity index (χ1) is 7.46. The van der Waals surface area contributed by atoms with Crippen molar-refractivity contribution in [2.45, 2.75) is 6.36 Å². The molecule has 0 bridgehead atoms. The molecular weight excluding hydrogens is 225 g/mol. The normalized spacial score (nSPS) is 12.4. The number of hydrogen-bond donors (Lipinski definition) is 2. The van der Waals surface area contributed by atoms with Crippen molar-refractivity contribution in [3.05, 3.63) is 29.8 Å². The van der Waals surface area contributed by atoms with E-state index in [2.05, 4.69) is 9.73 Å². The van der Waals surface area contributed by atoms with Crippen LogP contribution in [0.3, 0.4) is 0 Å². The van der Waals surface area contributed by atoms with E-state index >= 15 is 0 Å². The zero-order valence-corrected chi connectivity index (χ0v) is 8.25. The Bertz CT molecular complexity index is 373. The van der Waals surface area contributed by atoms with Gasteiger partial charge < -0.3 is 4.74 Å². The van der Waals surface area contributed by atoms with Gasteiger partial charge in [-0.15, -0.1) is 13.2 Å². The smallest absolute Gasteiger partial charge is 0.406 e. The Balaban J connectivity index is 2.83. The van der Waals surface area contributed by atoms with Gasteiger partial charge in [0.25, 0.3) is 0 Å². The molecule has 0 unspecified atom stereocenters. The summed E-state index contributed by atoms with van der Waals surface area (Å²) in [6, 6.07) is 4.94. The number of aliphatic imine (C=N–C) groups is 1. The lowest BCUT2D eigenvalue weighted by atomic mass is 10.2. The summed E-state index contributed by atoms with van der Waals surface area (Å²) in [5.74, 6) is -0.178. The largest absolute Gasteiger partial charge is 0.573 e. The SMILES string of the molecule is CN=C(NO)c1ccc(OC(F)(F)F)cc1. The minimum atomic E-state index is -4.71. The Morgan fingerprint density at radius 3 is 2.25 bits per heavy atom. The van der Waals surface area contributed by atoms with Gasteiger partial charge >= 0.3 is 6.36 Å². The number of halogens is 3. The number of nitrogens with one attached hydrogen (secondary N) is 1. The molecule has 1 rings (SSSR count). The van der Waals surface area contributed by atoms with Crippen LogP contribution in [-0.4, -0.2) is 24.5 Å². The summed E-state index contributed by atoms with van der Waals surface area (Å²) in [5.41, 5.74) is 2.27. The van der Waals surface area contributed by atoms with Gasteiger partial charge in [0.15, 0.2) is 5.84 Å². The van der Waals surface area contributed by atoms with Crippen molar-refractivity contribution in [1.82, 2.24) is 5.48 Å². The van der Waals surface area contributed by atoms with Crippen molar-refractivity contribution in [3.8, 4) is 5.75 Å². The highest BCUT2D eigenvalue weighted by Crippen LogP contribution is 2.22. The second-order valence-electron chi connectivity index (χ2n) is 2.76. The van der Waals surface area contributed by atoms with Gasteiger partial charge in [-0.25, -0.2) is 0 Å². The van der Waals surface area contributed by atoms with Crippen LogP contribution in [0.5, 0.6) is 5.75 Å². The van der Waals surface area contributed by atoms with Crippen LogP contribution in [0.2, 0.25) is 0 Å². The standard InChI is InChI=1S/C9H9F3N2O2/c1-13-8(14-15)6-2-4-7(5-3-6)16-9(10,11)12/h2-5,15H,1H3,(H,13,14). The number of hydrogen-bond acceptors (Lipinski definition) is 3. The number of ether oxygens (including phenoxy) is 1. The van der Waals surface area contributed by atoms with E-state index in [1.165, 1.54) is 19.2 Å². The highest BCUT2D eigenvalue weighted by molar-refractivity contribution is 5.97. The second kappa shape index (κ2) is 4.84. The van der Waals surface area contributed by atoms with Crippen LogP contribution in [0.15, 0.2) is 29.3 Å². The van der Waals surface area contributed by atoms with Crippen molar-refractivity contribution in [2.75, 3.05) is 7.05 Å². The first kappa shape index (κ1) is 12.3. The zero-order valence-electron chi connectivity index (χ0n) is 8.25.